The number of alkyl halides is 3. The molecule has 1 atom stereocenters. The lowest BCUT2D eigenvalue weighted by molar-refractivity contribution is -0.324. The first-order chi connectivity index (χ1) is 12.3. The van der Waals surface area contributed by atoms with E-state index in [9.17, 15) is 18.0 Å². The van der Waals surface area contributed by atoms with Crippen LogP contribution in [0.15, 0.2) is 12.1 Å². The van der Waals surface area contributed by atoms with Crippen LogP contribution in [-0.2, 0) is 22.9 Å². The zero-order valence-corrected chi connectivity index (χ0v) is 14.0. The largest absolute Gasteiger partial charge is 0.522 e. The molecule has 3 heterocycles. The summed E-state index contributed by atoms with van der Waals surface area (Å²) in [5.74, 6) is -0.128. The fourth-order valence-electron chi connectivity index (χ4n) is 2.70. The van der Waals surface area contributed by atoms with E-state index in [-0.39, 0.29) is 18.2 Å². The zero-order chi connectivity index (χ0) is 18.7. The Balaban J connectivity index is 1.59. The van der Waals surface area contributed by atoms with Gasteiger partial charge in [-0.3, -0.25) is 19.3 Å². The number of anilines is 1. The Bertz CT molecular complexity index is 765. The van der Waals surface area contributed by atoms with Gasteiger partial charge >= 0.3 is 6.36 Å². The van der Waals surface area contributed by atoms with E-state index in [4.69, 9.17) is 4.74 Å². The molecule has 26 heavy (non-hydrogen) atoms. The third-order valence-electron chi connectivity index (χ3n) is 3.90. The summed E-state index contributed by atoms with van der Waals surface area (Å²) in [5, 5.41) is 13.5. The van der Waals surface area contributed by atoms with Crippen LogP contribution in [0.2, 0.25) is 0 Å². The Morgan fingerprint density at radius 1 is 1.50 bits per heavy atom. The number of aromatic amines is 1. The first-order valence-corrected chi connectivity index (χ1v) is 8.04. The molecule has 11 heteroatoms. The molecule has 8 nitrogen and oxygen atoms in total. The van der Waals surface area contributed by atoms with Gasteiger partial charge in [0.15, 0.2) is 5.82 Å². The lowest BCUT2D eigenvalue weighted by atomic mass is 10.2. The number of ether oxygens (including phenoxy) is 2. The Morgan fingerprint density at radius 3 is 3.00 bits per heavy atom. The second kappa shape index (κ2) is 7.46. The van der Waals surface area contributed by atoms with Crippen molar-refractivity contribution in [3.8, 4) is 0 Å². The van der Waals surface area contributed by atoms with Crippen LogP contribution < -0.4 is 5.32 Å². The molecule has 0 aliphatic carbocycles. The maximum atomic E-state index is 12.3. The number of nitrogens with one attached hydrogen (secondary N) is 2. The molecule has 2 aromatic heterocycles. The molecule has 3 rings (SSSR count). The van der Waals surface area contributed by atoms with Crippen LogP contribution in [0.4, 0.5) is 19.0 Å². The number of aryl methyl sites for hydroxylation is 1. The molecular weight excluding hydrogens is 355 g/mol. The normalized spacial score (nSPS) is 17.6. The summed E-state index contributed by atoms with van der Waals surface area (Å²) >= 11 is 0. The van der Waals surface area contributed by atoms with Crippen molar-refractivity contribution in [3.63, 3.8) is 0 Å². The van der Waals surface area contributed by atoms with Crippen LogP contribution >= 0.6 is 0 Å². The quantitative estimate of drug-likeness (QED) is 0.811. The van der Waals surface area contributed by atoms with E-state index in [0.717, 1.165) is 18.5 Å². The van der Waals surface area contributed by atoms with Gasteiger partial charge in [-0.2, -0.15) is 10.2 Å². The van der Waals surface area contributed by atoms with Gasteiger partial charge in [-0.25, -0.2) is 0 Å². The Hall–Kier alpha value is -2.40. The van der Waals surface area contributed by atoms with Gasteiger partial charge in [0.05, 0.1) is 24.1 Å². The van der Waals surface area contributed by atoms with Gasteiger partial charge in [-0.05, 0) is 18.9 Å². The molecule has 2 aromatic rings. The third kappa shape index (κ3) is 4.61. The molecule has 1 saturated heterocycles. The molecule has 0 saturated carbocycles. The number of amides is 1. The molecule has 142 valence electrons. The maximum absolute atomic E-state index is 12.3. The number of H-pyrrole nitrogens is 1. The van der Waals surface area contributed by atoms with E-state index < -0.39 is 18.9 Å². The van der Waals surface area contributed by atoms with Gasteiger partial charge in [-0.15, -0.1) is 13.2 Å². The van der Waals surface area contributed by atoms with Crippen LogP contribution in [0, 0.1) is 0 Å². The minimum atomic E-state index is -4.68. The van der Waals surface area contributed by atoms with Gasteiger partial charge in [-0.1, -0.05) is 0 Å². The average molecular weight is 373 g/mol. The van der Waals surface area contributed by atoms with Crippen molar-refractivity contribution in [2.24, 2.45) is 7.05 Å². The smallest absolute Gasteiger partial charge is 0.372 e. The van der Waals surface area contributed by atoms with Crippen molar-refractivity contribution in [1.29, 1.82) is 0 Å². The number of nitrogens with zero attached hydrogens (tertiary/aromatic N) is 3. The van der Waals surface area contributed by atoms with Crippen LogP contribution in [-0.4, -0.2) is 45.5 Å². The molecule has 1 aliphatic heterocycles. The molecule has 0 radical (unpaired) electrons. The van der Waals surface area contributed by atoms with Gasteiger partial charge in [0.2, 0.25) is 0 Å². The number of hydrogen-bond donors (Lipinski definition) is 2. The number of aromatic nitrogens is 4. The fourth-order valence-corrected chi connectivity index (χ4v) is 2.70. The van der Waals surface area contributed by atoms with Crippen molar-refractivity contribution < 1.29 is 27.4 Å². The van der Waals surface area contributed by atoms with Crippen molar-refractivity contribution in [1.82, 2.24) is 20.0 Å². The zero-order valence-electron chi connectivity index (χ0n) is 14.0. The van der Waals surface area contributed by atoms with Crippen LogP contribution in [0.1, 0.15) is 40.8 Å². The predicted octanol–water partition coefficient (Wildman–Crippen LogP) is 2.33. The Kier molecular flexibility index (Phi) is 5.28. The van der Waals surface area contributed by atoms with Crippen LogP contribution in [0.25, 0.3) is 0 Å². The number of halogens is 3. The maximum Gasteiger partial charge on any atom is 0.522 e. The number of carbonyl (C=O) groups excluding carboxylic acids is 1. The van der Waals surface area contributed by atoms with Crippen molar-refractivity contribution >= 4 is 11.7 Å². The van der Waals surface area contributed by atoms with E-state index in [1.165, 1.54) is 17.8 Å². The minimum absolute atomic E-state index is 0.0508. The van der Waals surface area contributed by atoms with Crippen molar-refractivity contribution in [2.45, 2.75) is 31.7 Å². The SMILES string of the molecule is Cn1nc(CCOC(F)(F)F)cc1C(=O)Nc1cc([C@@H]2CCCO2)[nH]n1. The summed E-state index contributed by atoms with van der Waals surface area (Å²) in [4.78, 5) is 12.3. The Morgan fingerprint density at radius 2 is 2.31 bits per heavy atom. The number of rotatable bonds is 6. The average Bonchev–Trinajstić information content (AvgIpc) is 3.26. The minimum Gasteiger partial charge on any atom is -0.372 e. The second-order valence-corrected chi connectivity index (χ2v) is 5.85. The molecule has 0 aromatic carbocycles. The highest BCUT2D eigenvalue weighted by Gasteiger charge is 2.29. The lowest BCUT2D eigenvalue weighted by Crippen LogP contribution is -2.16. The Labute approximate surface area is 146 Å². The van der Waals surface area contributed by atoms with Gasteiger partial charge in [0.1, 0.15) is 5.69 Å². The monoisotopic (exact) mass is 373 g/mol. The van der Waals surface area contributed by atoms with Crippen molar-refractivity contribution in [3.05, 3.63) is 29.2 Å². The number of carbonyl (C=O) groups is 1. The number of hydrogen-bond acceptors (Lipinski definition) is 5. The fraction of sp³-hybridized carbons (Fsp3) is 0.533. The van der Waals surface area contributed by atoms with Gasteiger partial charge in [0, 0.05) is 26.1 Å². The topological polar surface area (TPSA) is 94.1 Å². The standard InChI is InChI=1S/C15H18F3N5O3/c1-23-11(7-9(22-23)4-6-26-15(16,17)18)14(24)19-13-8-10(20-21-13)12-3-2-5-25-12/h7-8,12H,2-6H2,1H3,(H2,19,20,21,24)/t12-/m0/s1. The molecule has 0 bridgehead atoms. The highest BCUT2D eigenvalue weighted by molar-refractivity contribution is 6.02. The van der Waals surface area contributed by atoms with E-state index >= 15 is 0 Å². The first kappa shape index (κ1) is 18.4. The summed E-state index contributed by atoms with van der Waals surface area (Å²) in [6, 6.07) is 3.12. The molecule has 1 amide bonds. The van der Waals surface area contributed by atoms with Gasteiger partial charge < -0.3 is 10.1 Å². The highest BCUT2D eigenvalue weighted by Crippen LogP contribution is 2.28. The summed E-state index contributed by atoms with van der Waals surface area (Å²) in [6.45, 7) is 0.132. The third-order valence-corrected chi connectivity index (χ3v) is 3.90. The summed E-state index contributed by atoms with van der Waals surface area (Å²) in [5.41, 5.74) is 1.31. The van der Waals surface area contributed by atoms with E-state index in [2.05, 4.69) is 25.3 Å². The van der Waals surface area contributed by atoms with E-state index in [1.54, 1.807) is 6.07 Å². The predicted molar refractivity (Wildman–Crippen MR) is 83.4 cm³/mol. The van der Waals surface area contributed by atoms with Crippen LogP contribution in [0.3, 0.4) is 0 Å². The molecular formula is C15H18F3N5O3. The lowest BCUT2D eigenvalue weighted by Gasteiger charge is -2.05. The summed E-state index contributed by atoms with van der Waals surface area (Å²) < 4.78 is 46.5. The molecule has 0 spiro atoms. The molecule has 0 unspecified atom stereocenters. The van der Waals surface area contributed by atoms with Gasteiger partial charge in [0.25, 0.3) is 5.91 Å². The second-order valence-electron chi connectivity index (χ2n) is 5.85. The van der Waals surface area contributed by atoms with Crippen LogP contribution in [0.5, 0.6) is 0 Å². The first-order valence-electron chi connectivity index (χ1n) is 8.04. The van der Waals surface area contributed by atoms with Crippen molar-refractivity contribution in [2.75, 3.05) is 18.5 Å². The highest BCUT2D eigenvalue weighted by atomic mass is 19.4. The molecule has 2 N–H and O–H groups in total. The molecule has 1 aliphatic rings. The summed E-state index contributed by atoms with van der Waals surface area (Å²) in [7, 11) is 1.53. The molecule has 1 fully saturated rings. The summed E-state index contributed by atoms with van der Waals surface area (Å²) in [6.07, 6.45) is -2.94. The van der Waals surface area contributed by atoms with E-state index in [1.807, 2.05) is 0 Å². The van der Waals surface area contributed by atoms with E-state index in [0.29, 0.717) is 18.1 Å².